The number of carbonyl (C=O) groups is 1. The van der Waals surface area contributed by atoms with E-state index < -0.39 is 4.92 Å². The number of nitro groups is 1. The third kappa shape index (κ3) is 4.49. The van der Waals surface area contributed by atoms with Crippen LogP contribution in [0.3, 0.4) is 0 Å². The van der Waals surface area contributed by atoms with E-state index in [4.69, 9.17) is 11.6 Å². The number of nitrogens with one attached hydrogen (secondary N) is 1. The van der Waals surface area contributed by atoms with Crippen LogP contribution in [0.4, 0.5) is 11.4 Å². The highest BCUT2D eigenvalue weighted by molar-refractivity contribution is 7.99. The first-order valence-corrected chi connectivity index (χ1v) is 9.57. The van der Waals surface area contributed by atoms with Crippen molar-refractivity contribution in [1.82, 2.24) is 14.8 Å². The number of hydrogen-bond acceptors (Lipinski definition) is 6. The van der Waals surface area contributed by atoms with Crippen molar-refractivity contribution in [3.8, 4) is 5.69 Å². The van der Waals surface area contributed by atoms with Crippen LogP contribution in [-0.2, 0) is 4.79 Å². The first-order valence-electron chi connectivity index (χ1n) is 8.21. The van der Waals surface area contributed by atoms with Gasteiger partial charge in [-0.1, -0.05) is 35.5 Å². The van der Waals surface area contributed by atoms with E-state index in [1.54, 1.807) is 25.1 Å². The first-order chi connectivity index (χ1) is 13.3. The number of thioether (sulfide) groups is 1. The number of carbonyl (C=O) groups excluding carboxylic acids is 1. The number of nitro benzene ring substituents is 1. The molecule has 3 rings (SSSR count). The first kappa shape index (κ1) is 19.8. The lowest BCUT2D eigenvalue weighted by molar-refractivity contribution is -0.384. The summed E-state index contributed by atoms with van der Waals surface area (Å²) in [7, 11) is 0. The van der Waals surface area contributed by atoms with E-state index in [9.17, 15) is 14.9 Å². The van der Waals surface area contributed by atoms with Crippen molar-refractivity contribution < 1.29 is 9.72 Å². The highest BCUT2D eigenvalue weighted by Crippen LogP contribution is 2.25. The molecule has 144 valence electrons. The van der Waals surface area contributed by atoms with Crippen molar-refractivity contribution in [2.45, 2.75) is 19.0 Å². The van der Waals surface area contributed by atoms with Gasteiger partial charge in [-0.15, -0.1) is 10.2 Å². The van der Waals surface area contributed by atoms with Gasteiger partial charge in [-0.3, -0.25) is 19.5 Å². The fourth-order valence-electron chi connectivity index (χ4n) is 2.52. The molecule has 1 amide bonds. The number of halogens is 1. The molecule has 1 heterocycles. The summed E-state index contributed by atoms with van der Waals surface area (Å²) < 4.78 is 1.81. The fraction of sp³-hybridized carbons (Fsp3) is 0.167. The van der Waals surface area contributed by atoms with Crippen LogP contribution in [0.2, 0.25) is 5.02 Å². The van der Waals surface area contributed by atoms with Crippen LogP contribution in [0.1, 0.15) is 11.4 Å². The van der Waals surface area contributed by atoms with Crippen LogP contribution < -0.4 is 5.32 Å². The molecule has 0 fully saturated rings. The Bertz CT molecular complexity index is 1050. The smallest absolute Gasteiger partial charge is 0.271 e. The van der Waals surface area contributed by atoms with Gasteiger partial charge >= 0.3 is 0 Å². The summed E-state index contributed by atoms with van der Waals surface area (Å²) in [6.45, 7) is 3.58. The van der Waals surface area contributed by atoms with E-state index in [0.29, 0.717) is 21.7 Å². The number of anilines is 1. The SMILES string of the molecule is Cc1ccc([N+](=O)[O-])cc1NC(=O)CSc1nnc(C)n1-c1cccc(Cl)c1. The minimum absolute atomic E-state index is 0.0703. The molecule has 1 N–H and O–H groups in total. The molecule has 0 aliphatic heterocycles. The van der Waals surface area contributed by atoms with Crippen molar-refractivity contribution in [2.75, 3.05) is 11.1 Å². The standard InChI is InChI=1S/C18H16ClN5O3S/c1-11-6-7-15(24(26)27)9-16(11)20-17(25)10-28-18-22-21-12(2)23(18)14-5-3-4-13(19)8-14/h3-9H,10H2,1-2H3,(H,20,25). The molecule has 0 aliphatic carbocycles. The number of rotatable bonds is 6. The maximum Gasteiger partial charge on any atom is 0.271 e. The Hall–Kier alpha value is -2.91. The Labute approximate surface area is 170 Å². The molecule has 0 bridgehead atoms. The quantitative estimate of drug-likeness (QED) is 0.366. The Kier molecular flexibility index (Phi) is 5.96. The molecule has 28 heavy (non-hydrogen) atoms. The highest BCUT2D eigenvalue weighted by Gasteiger charge is 2.15. The normalized spacial score (nSPS) is 10.7. The van der Waals surface area contributed by atoms with Crippen LogP contribution >= 0.6 is 23.4 Å². The maximum atomic E-state index is 12.3. The summed E-state index contributed by atoms with van der Waals surface area (Å²) in [6.07, 6.45) is 0. The molecule has 0 atom stereocenters. The average Bonchev–Trinajstić information content (AvgIpc) is 3.02. The number of aromatic nitrogens is 3. The number of amides is 1. The van der Waals surface area contributed by atoms with E-state index in [1.165, 1.54) is 23.9 Å². The number of non-ortho nitro benzene ring substituents is 1. The summed E-state index contributed by atoms with van der Waals surface area (Å²) in [5.74, 6) is 0.437. The lowest BCUT2D eigenvalue weighted by Gasteiger charge is -2.10. The zero-order valence-electron chi connectivity index (χ0n) is 15.0. The molecule has 0 saturated carbocycles. The Morgan fingerprint density at radius 2 is 2.04 bits per heavy atom. The number of benzene rings is 2. The van der Waals surface area contributed by atoms with E-state index in [1.807, 2.05) is 23.6 Å². The van der Waals surface area contributed by atoms with Gasteiger partial charge in [0.05, 0.1) is 22.1 Å². The second-order valence-electron chi connectivity index (χ2n) is 5.94. The van der Waals surface area contributed by atoms with Gasteiger partial charge < -0.3 is 5.32 Å². The van der Waals surface area contributed by atoms with E-state index >= 15 is 0 Å². The second-order valence-corrected chi connectivity index (χ2v) is 7.32. The minimum atomic E-state index is -0.500. The highest BCUT2D eigenvalue weighted by atomic mass is 35.5. The topological polar surface area (TPSA) is 103 Å². The molecule has 3 aromatic rings. The second kappa shape index (κ2) is 8.41. The molecule has 0 spiro atoms. The van der Waals surface area contributed by atoms with Gasteiger partial charge in [-0.2, -0.15) is 0 Å². The van der Waals surface area contributed by atoms with Gasteiger partial charge in [-0.25, -0.2) is 0 Å². The summed E-state index contributed by atoms with van der Waals surface area (Å²) in [6, 6.07) is 11.6. The molecular weight excluding hydrogens is 402 g/mol. The van der Waals surface area contributed by atoms with E-state index in [2.05, 4.69) is 15.5 Å². The Morgan fingerprint density at radius 1 is 1.25 bits per heavy atom. The number of nitrogens with zero attached hydrogens (tertiary/aromatic N) is 4. The molecule has 1 aromatic heterocycles. The van der Waals surface area contributed by atoms with Gasteiger partial charge in [0.1, 0.15) is 5.82 Å². The molecule has 0 aliphatic rings. The van der Waals surface area contributed by atoms with Gasteiger partial charge in [0.25, 0.3) is 5.69 Å². The van der Waals surface area contributed by atoms with Crippen molar-refractivity contribution >= 4 is 40.6 Å². The van der Waals surface area contributed by atoms with Gasteiger partial charge in [0, 0.05) is 17.2 Å². The number of hydrogen-bond donors (Lipinski definition) is 1. The predicted molar refractivity (Wildman–Crippen MR) is 108 cm³/mol. The van der Waals surface area contributed by atoms with Gasteiger partial charge in [0.2, 0.25) is 5.91 Å². The number of aryl methyl sites for hydroxylation is 2. The lowest BCUT2D eigenvalue weighted by atomic mass is 10.2. The molecular formula is C18H16ClN5O3S. The Balaban J connectivity index is 1.73. The molecule has 2 aromatic carbocycles. The Morgan fingerprint density at radius 3 is 2.75 bits per heavy atom. The zero-order chi connectivity index (χ0) is 20.3. The molecule has 0 radical (unpaired) electrons. The third-order valence-electron chi connectivity index (χ3n) is 3.90. The average molecular weight is 418 g/mol. The van der Waals surface area contributed by atoms with Crippen LogP contribution in [0.25, 0.3) is 5.69 Å². The third-order valence-corrected chi connectivity index (χ3v) is 5.06. The summed E-state index contributed by atoms with van der Waals surface area (Å²) >= 11 is 7.27. The molecule has 0 saturated heterocycles. The van der Waals surface area contributed by atoms with Crippen LogP contribution in [-0.4, -0.2) is 31.3 Å². The van der Waals surface area contributed by atoms with E-state index in [0.717, 1.165) is 11.3 Å². The summed E-state index contributed by atoms with van der Waals surface area (Å²) in [5, 5.41) is 23.0. The van der Waals surface area contributed by atoms with Crippen molar-refractivity contribution in [3.63, 3.8) is 0 Å². The molecule has 10 heteroatoms. The largest absolute Gasteiger partial charge is 0.325 e. The van der Waals surface area contributed by atoms with E-state index in [-0.39, 0.29) is 17.3 Å². The van der Waals surface area contributed by atoms with Crippen molar-refractivity contribution in [3.05, 3.63) is 69.0 Å². The fourth-order valence-corrected chi connectivity index (χ4v) is 3.51. The van der Waals surface area contributed by atoms with Gasteiger partial charge in [0.15, 0.2) is 5.16 Å². The van der Waals surface area contributed by atoms with Crippen LogP contribution in [0, 0.1) is 24.0 Å². The summed E-state index contributed by atoms with van der Waals surface area (Å²) in [4.78, 5) is 22.8. The minimum Gasteiger partial charge on any atom is -0.325 e. The van der Waals surface area contributed by atoms with Crippen molar-refractivity contribution in [1.29, 1.82) is 0 Å². The molecule has 0 unspecified atom stereocenters. The predicted octanol–water partition coefficient (Wildman–Crippen LogP) is 4.18. The van der Waals surface area contributed by atoms with Gasteiger partial charge in [-0.05, 0) is 37.6 Å². The van der Waals surface area contributed by atoms with Crippen LogP contribution in [0.5, 0.6) is 0 Å². The maximum absolute atomic E-state index is 12.3. The zero-order valence-corrected chi connectivity index (χ0v) is 16.6. The lowest BCUT2D eigenvalue weighted by Crippen LogP contribution is -2.15. The summed E-state index contributed by atoms with van der Waals surface area (Å²) in [5.41, 5.74) is 1.87. The monoisotopic (exact) mass is 417 g/mol. The molecule has 8 nitrogen and oxygen atoms in total. The van der Waals surface area contributed by atoms with Crippen molar-refractivity contribution in [2.24, 2.45) is 0 Å². The van der Waals surface area contributed by atoms with Crippen LogP contribution in [0.15, 0.2) is 47.6 Å².